The number of pyridine rings is 1. The van der Waals surface area contributed by atoms with E-state index in [-0.39, 0.29) is 5.91 Å². The van der Waals surface area contributed by atoms with E-state index in [9.17, 15) is 4.79 Å². The summed E-state index contributed by atoms with van der Waals surface area (Å²) >= 11 is -0.722. The van der Waals surface area contributed by atoms with Gasteiger partial charge in [0.1, 0.15) is 0 Å². The third-order valence-electron chi connectivity index (χ3n) is 3.79. The third kappa shape index (κ3) is 10.2. The molecule has 0 aliphatic heterocycles. The maximum atomic E-state index is 12.3. The van der Waals surface area contributed by atoms with Crippen LogP contribution in [0.2, 0.25) is 3.43 Å². The van der Waals surface area contributed by atoms with Crippen LogP contribution in [0.3, 0.4) is 0 Å². The van der Waals surface area contributed by atoms with Gasteiger partial charge in [-0.05, 0) is 0 Å². The van der Waals surface area contributed by atoms with E-state index >= 15 is 0 Å². The van der Waals surface area contributed by atoms with Gasteiger partial charge >= 0.3 is 151 Å². The molecule has 1 rings (SSSR count). The molecule has 2 radical (unpaired) electrons. The number of amides is 1. The molecule has 0 bridgehead atoms. The third-order valence-corrected chi connectivity index (χ3v) is 7.53. The van der Waals surface area contributed by atoms with Crippen molar-refractivity contribution in [1.82, 2.24) is 15.2 Å². The summed E-state index contributed by atoms with van der Waals surface area (Å²) in [5, 5.41) is 3.05. The van der Waals surface area contributed by atoms with Crippen molar-refractivity contribution in [1.29, 1.82) is 0 Å². The van der Waals surface area contributed by atoms with Gasteiger partial charge in [0.15, 0.2) is 0 Å². The van der Waals surface area contributed by atoms with Crippen LogP contribution >= 0.6 is 0 Å². The fraction of sp³-hybridized carbons (Fsp3) is 0.700. The normalized spacial score (nSPS) is 11.8. The van der Waals surface area contributed by atoms with Crippen LogP contribution in [0.25, 0.3) is 0 Å². The van der Waals surface area contributed by atoms with Crippen LogP contribution in [0, 0.1) is 0 Å². The van der Waals surface area contributed by atoms with Crippen LogP contribution in [0.15, 0.2) is 18.5 Å². The summed E-state index contributed by atoms with van der Waals surface area (Å²) in [5.41, 5.74) is 0.709. The molecule has 0 saturated heterocycles. The molecule has 1 heterocycles. The molecule has 5 heteroatoms. The Morgan fingerprint density at radius 3 is 2.40 bits per heavy atom. The molecule has 0 unspecified atom stereocenters. The summed E-state index contributed by atoms with van der Waals surface area (Å²) in [6.07, 6.45) is 8.20. The molecule has 1 aromatic heterocycles. The van der Waals surface area contributed by atoms with Gasteiger partial charge in [0.2, 0.25) is 0 Å². The first-order chi connectivity index (χ1) is 11.9. The number of carbonyl (C=O) groups excluding carboxylic acids is 1. The zero-order chi connectivity index (χ0) is 18.7. The Bertz CT molecular complexity index is 508. The number of hydrogen-bond donors (Lipinski definition) is 1. The topological polar surface area (TPSA) is 45.2 Å². The van der Waals surface area contributed by atoms with Gasteiger partial charge in [-0.1, -0.05) is 13.8 Å². The van der Waals surface area contributed by atoms with E-state index < -0.39 is 21.1 Å². The second kappa shape index (κ2) is 11.9. The van der Waals surface area contributed by atoms with Gasteiger partial charge in [-0.25, -0.2) is 0 Å². The summed E-state index contributed by atoms with van der Waals surface area (Å²) in [7, 11) is 0. The van der Waals surface area contributed by atoms with Gasteiger partial charge in [0.25, 0.3) is 0 Å². The van der Waals surface area contributed by atoms with Crippen LogP contribution in [0.1, 0.15) is 70.7 Å². The summed E-state index contributed by atoms with van der Waals surface area (Å²) in [4.78, 5) is 19.1. The number of aromatic nitrogens is 1. The van der Waals surface area contributed by atoms with Crippen molar-refractivity contribution in [3.05, 3.63) is 24.0 Å². The zero-order valence-electron chi connectivity index (χ0n) is 16.7. The van der Waals surface area contributed by atoms with E-state index in [4.69, 9.17) is 0 Å². The first-order valence-electron chi connectivity index (χ1n) is 9.59. The minimum atomic E-state index is -0.722. The van der Waals surface area contributed by atoms with Gasteiger partial charge in [0, 0.05) is 0 Å². The van der Waals surface area contributed by atoms with E-state index in [1.807, 2.05) is 12.3 Å². The van der Waals surface area contributed by atoms with Gasteiger partial charge in [0.05, 0.1) is 0 Å². The summed E-state index contributed by atoms with van der Waals surface area (Å²) in [5.74, 6) is 0.0154. The number of carbonyl (C=O) groups is 1. The molecular formula is C20H35N3OSn. The molecule has 0 fully saturated rings. The summed E-state index contributed by atoms with van der Waals surface area (Å²) < 4.78 is 1.65. The van der Waals surface area contributed by atoms with Crippen molar-refractivity contribution in [2.75, 3.05) is 26.2 Å². The van der Waals surface area contributed by atoms with Crippen LogP contribution in [-0.2, 0) is 0 Å². The molecule has 4 nitrogen and oxygen atoms in total. The number of hydrogen-bond acceptors (Lipinski definition) is 3. The Hall–Kier alpha value is -0.621. The number of nitrogens with one attached hydrogen (secondary N) is 1. The molecule has 0 spiro atoms. The van der Waals surface area contributed by atoms with Crippen LogP contribution in [-0.4, -0.2) is 63.1 Å². The average molecular weight is 452 g/mol. The molecule has 1 N–H and O–H groups in total. The molecule has 0 saturated carbocycles. The molecule has 0 aliphatic carbocycles. The van der Waals surface area contributed by atoms with Crippen LogP contribution in [0.4, 0.5) is 0 Å². The molecular weight excluding hydrogens is 417 g/mol. The molecule has 140 valence electrons. The Balaban J connectivity index is 2.36. The fourth-order valence-electron chi connectivity index (χ4n) is 2.80. The Kier molecular flexibility index (Phi) is 10.7. The number of unbranched alkanes of at least 4 members (excludes halogenated alkanes) is 1. The van der Waals surface area contributed by atoms with Gasteiger partial charge < -0.3 is 0 Å². The molecule has 25 heavy (non-hydrogen) atoms. The van der Waals surface area contributed by atoms with Gasteiger partial charge in [-0.3, -0.25) is 0 Å². The zero-order valence-corrected chi connectivity index (χ0v) is 19.5. The van der Waals surface area contributed by atoms with E-state index in [0.29, 0.717) is 8.99 Å². The van der Waals surface area contributed by atoms with E-state index in [2.05, 4.69) is 49.8 Å². The Morgan fingerprint density at radius 1 is 1.12 bits per heavy atom. The van der Waals surface area contributed by atoms with Crippen molar-refractivity contribution in [2.24, 2.45) is 0 Å². The average Bonchev–Trinajstić information content (AvgIpc) is 2.53. The van der Waals surface area contributed by atoms with E-state index in [0.717, 1.165) is 25.9 Å². The maximum absolute atomic E-state index is 12.3. The van der Waals surface area contributed by atoms with E-state index in [1.165, 1.54) is 29.5 Å². The summed E-state index contributed by atoms with van der Waals surface area (Å²) in [6, 6.07) is 2.05. The molecule has 0 atom stereocenters. The first kappa shape index (κ1) is 22.4. The predicted octanol–water partition coefficient (Wildman–Crippen LogP) is 3.26. The molecule has 0 aliphatic rings. The fourth-order valence-corrected chi connectivity index (χ4v) is 6.32. The monoisotopic (exact) mass is 453 g/mol. The quantitative estimate of drug-likeness (QED) is 0.414. The second-order valence-corrected chi connectivity index (χ2v) is 14.3. The first-order valence-corrected chi connectivity index (χ1v) is 12.4. The van der Waals surface area contributed by atoms with Crippen molar-refractivity contribution >= 4 is 30.6 Å². The minimum absolute atomic E-state index is 0.0154. The van der Waals surface area contributed by atoms with Crippen molar-refractivity contribution < 1.29 is 4.79 Å². The summed E-state index contributed by atoms with van der Waals surface area (Å²) in [6.45, 7) is 15.5. The molecule has 1 aromatic rings. The van der Waals surface area contributed by atoms with Crippen molar-refractivity contribution in [3.63, 3.8) is 0 Å². The van der Waals surface area contributed by atoms with Gasteiger partial charge in [-0.15, -0.1) is 0 Å². The van der Waals surface area contributed by atoms with Crippen molar-refractivity contribution in [3.8, 4) is 0 Å². The molecule has 1 amide bonds. The number of nitrogens with zero attached hydrogens (tertiary/aromatic N) is 2. The standard InChI is InChI=1S/C16H26N3O.C4H9.Sn/c1-3-11-19(12-4-2)13-6-5-10-18-16(20)15-8-7-9-17-14-15;1-4(2)3;/h8-9,14H,3-6,10-13H2,1-2H3,(H,18,20);1-3H3;. The second-order valence-electron chi connectivity index (χ2n) is 7.64. The van der Waals surface area contributed by atoms with E-state index in [1.54, 1.807) is 6.20 Å². The van der Waals surface area contributed by atoms with Crippen LogP contribution in [0.5, 0.6) is 0 Å². The molecule has 0 aromatic carbocycles. The van der Waals surface area contributed by atoms with Crippen LogP contribution < -0.4 is 8.90 Å². The van der Waals surface area contributed by atoms with Gasteiger partial charge in [-0.2, -0.15) is 0 Å². The Morgan fingerprint density at radius 2 is 1.80 bits per heavy atom. The van der Waals surface area contributed by atoms with Crippen molar-refractivity contribution in [2.45, 2.75) is 63.7 Å². The number of rotatable bonds is 11. The Labute approximate surface area is 164 Å². The SMILES string of the molecule is CCCN(CCC)CCCCNC(=O)c1cnc[c]([Sn][C](C)(C)C)c1. The predicted molar refractivity (Wildman–Crippen MR) is 108 cm³/mol.